The van der Waals surface area contributed by atoms with Crippen LogP contribution in [0.3, 0.4) is 0 Å². The van der Waals surface area contributed by atoms with Crippen molar-refractivity contribution in [3.05, 3.63) is 109 Å². The van der Waals surface area contributed by atoms with Gasteiger partial charge in [0.2, 0.25) is 0 Å². The van der Waals surface area contributed by atoms with E-state index < -0.39 is 97.5 Å². The van der Waals surface area contributed by atoms with Crippen molar-refractivity contribution in [2.45, 2.75) is 341 Å². The number of carbonyl (C=O) groups excluding carboxylic acids is 4. The molecule has 0 saturated heterocycles. The first kappa shape index (κ1) is 95.7. The molecule has 0 aromatic heterocycles. The van der Waals surface area contributed by atoms with E-state index in [4.69, 9.17) is 37.0 Å². The second kappa shape index (κ2) is 73.0. The van der Waals surface area contributed by atoms with E-state index in [1.54, 1.807) is 0 Å². The molecule has 0 amide bonds. The number of allylic oxidation sites excluding steroid dienone is 18. The van der Waals surface area contributed by atoms with Gasteiger partial charge >= 0.3 is 39.5 Å². The summed E-state index contributed by atoms with van der Waals surface area (Å²) in [6, 6.07) is 0. The summed E-state index contributed by atoms with van der Waals surface area (Å²) in [5.74, 6) is -2.27. The van der Waals surface area contributed by atoms with Gasteiger partial charge in [-0.2, -0.15) is 0 Å². The molecule has 17 nitrogen and oxygen atoms in total. The Labute approximate surface area is 607 Å². The lowest BCUT2D eigenvalue weighted by atomic mass is 10.0. The maximum atomic E-state index is 13.1. The molecule has 0 aromatic carbocycles. The van der Waals surface area contributed by atoms with Crippen molar-refractivity contribution in [3.63, 3.8) is 0 Å². The standard InChI is InChI=1S/C81H140O17P2/c1-5-9-13-17-21-25-29-32-34-36-37-39-40-43-47-50-54-58-62-66-79(84)92-72-77(98-81(86)68-64-60-56-52-48-44-41-38-35-33-30-26-22-18-14-10-6-2)74-96-100(89,90)94-70-75(82)69-93-99(87,88)95-73-76(97-80(85)67-63-59-55-51-45-28-24-20-16-12-8-4)71-91-78(83)65-61-57-53-49-46-42-31-27-23-19-15-11-7-3/h9-10,13-14,21-22,25-26,32-35,37,39,43,47,54,58,75-77,82H,5-8,11-12,15-20,23-24,27-31,36,38,40-42,44-46,48-53,55-57,59-74H2,1-4H3,(H,87,88)(H,89,90)/b13-9-,14-10-,25-21-,26-22-,34-32-,35-33-,39-37-,47-43-,58-54-. The molecule has 0 aliphatic rings. The fourth-order valence-corrected chi connectivity index (χ4v) is 12.0. The molecular weight excluding hydrogens is 1310 g/mol. The molecule has 0 bridgehead atoms. The zero-order valence-electron chi connectivity index (χ0n) is 62.8. The average molecular weight is 1450 g/mol. The first-order valence-corrected chi connectivity index (χ1v) is 42.1. The molecule has 0 saturated carbocycles. The minimum Gasteiger partial charge on any atom is -0.462 e. The topological polar surface area (TPSA) is 237 Å². The largest absolute Gasteiger partial charge is 0.472 e. The number of aliphatic hydroxyl groups is 1. The number of phosphoric ester groups is 2. The molecule has 0 spiro atoms. The predicted octanol–water partition coefficient (Wildman–Crippen LogP) is 22.6. The number of ether oxygens (including phenoxy) is 4. The minimum atomic E-state index is -4.99. The lowest BCUT2D eigenvalue weighted by molar-refractivity contribution is -0.161. The van der Waals surface area contributed by atoms with Gasteiger partial charge < -0.3 is 33.8 Å². The van der Waals surface area contributed by atoms with Gasteiger partial charge in [-0.05, 0) is 96.3 Å². The molecule has 0 aromatic rings. The van der Waals surface area contributed by atoms with Crippen molar-refractivity contribution < 1.29 is 80.2 Å². The van der Waals surface area contributed by atoms with Crippen LogP contribution in [-0.2, 0) is 65.4 Å². The van der Waals surface area contributed by atoms with Crippen molar-refractivity contribution >= 4 is 39.5 Å². The van der Waals surface area contributed by atoms with Crippen LogP contribution >= 0.6 is 15.6 Å². The van der Waals surface area contributed by atoms with Gasteiger partial charge in [0.1, 0.15) is 19.3 Å². The molecule has 100 heavy (non-hydrogen) atoms. The van der Waals surface area contributed by atoms with Crippen molar-refractivity contribution in [2.75, 3.05) is 39.6 Å². The van der Waals surface area contributed by atoms with E-state index in [9.17, 15) is 43.2 Å². The smallest absolute Gasteiger partial charge is 0.462 e. The average Bonchev–Trinajstić information content (AvgIpc) is 0.930. The number of esters is 4. The number of aliphatic hydroxyl groups excluding tert-OH is 1. The fourth-order valence-electron chi connectivity index (χ4n) is 10.4. The van der Waals surface area contributed by atoms with Crippen molar-refractivity contribution in [1.29, 1.82) is 0 Å². The van der Waals surface area contributed by atoms with E-state index in [1.165, 1.54) is 96.3 Å². The molecule has 0 aliphatic carbocycles. The van der Waals surface area contributed by atoms with Crippen molar-refractivity contribution in [3.8, 4) is 0 Å². The molecule has 0 fully saturated rings. The summed E-state index contributed by atoms with van der Waals surface area (Å²) in [6.07, 6.45) is 78.0. The third kappa shape index (κ3) is 72.1. The minimum absolute atomic E-state index is 0.0331. The van der Waals surface area contributed by atoms with E-state index in [2.05, 4.69) is 119 Å². The molecule has 5 unspecified atom stereocenters. The highest BCUT2D eigenvalue weighted by Gasteiger charge is 2.30. The summed E-state index contributed by atoms with van der Waals surface area (Å²) in [4.78, 5) is 72.8. The summed E-state index contributed by atoms with van der Waals surface area (Å²) >= 11 is 0. The number of carbonyl (C=O) groups is 4. The summed E-state index contributed by atoms with van der Waals surface area (Å²) in [5.41, 5.74) is 0. The molecule has 0 rings (SSSR count). The molecule has 19 heteroatoms. The Hall–Kier alpha value is -4.28. The second-order valence-corrected chi connectivity index (χ2v) is 28.8. The lowest BCUT2D eigenvalue weighted by Gasteiger charge is -2.21. The van der Waals surface area contributed by atoms with Crippen LogP contribution < -0.4 is 0 Å². The fraction of sp³-hybridized carbons (Fsp3) is 0.728. The third-order valence-electron chi connectivity index (χ3n) is 16.3. The highest BCUT2D eigenvalue weighted by atomic mass is 31.2. The Balaban J connectivity index is 5.39. The Kier molecular flexibility index (Phi) is 69.9. The molecule has 0 heterocycles. The van der Waals surface area contributed by atoms with Crippen LogP contribution in [0.25, 0.3) is 0 Å². The summed E-state index contributed by atoms with van der Waals surface area (Å²) in [7, 11) is -9.97. The highest BCUT2D eigenvalue weighted by Crippen LogP contribution is 2.45. The van der Waals surface area contributed by atoms with Gasteiger partial charge in [0, 0.05) is 25.7 Å². The van der Waals surface area contributed by atoms with Crippen molar-refractivity contribution in [2.24, 2.45) is 0 Å². The van der Waals surface area contributed by atoms with Crippen molar-refractivity contribution in [1.82, 2.24) is 0 Å². The van der Waals surface area contributed by atoms with Gasteiger partial charge in [-0.3, -0.25) is 37.3 Å². The Morgan fingerprint density at radius 2 is 0.540 bits per heavy atom. The number of unbranched alkanes of at least 4 members (excludes halogenated alkanes) is 29. The molecule has 3 N–H and O–H groups in total. The number of hydrogen-bond donors (Lipinski definition) is 3. The molecular formula is C81H140O17P2. The molecule has 5 atom stereocenters. The van der Waals surface area contributed by atoms with Crippen LogP contribution in [0.1, 0.15) is 323 Å². The van der Waals surface area contributed by atoms with E-state index in [0.29, 0.717) is 32.1 Å². The van der Waals surface area contributed by atoms with Gasteiger partial charge in [0.25, 0.3) is 0 Å². The number of rotatable bonds is 73. The van der Waals surface area contributed by atoms with Gasteiger partial charge in [0.05, 0.1) is 26.4 Å². The van der Waals surface area contributed by atoms with Gasteiger partial charge in [-0.1, -0.05) is 310 Å². The normalized spacial score (nSPS) is 14.5. The van der Waals surface area contributed by atoms with E-state index in [1.807, 2.05) is 18.2 Å². The van der Waals surface area contributed by atoms with E-state index in [0.717, 1.165) is 141 Å². The first-order valence-electron chi connectivity index (χ1n) is 39.1. The Bertz CT molecular complexity index is 2320. The molecule has 0 radical (unpaired) electrons. The monoisotopic (exact) mass is 1450 g/mol. The predicted molar refractivity (Wildman–Crippen MR) is 408 cm³/mol. The Morgan fingerprint density at radius 3 is 0.860 bits per heavy atom. The maximum Gasteiger partial charge on any atom is 0.472 e. The third-order valence-corrected chi connectivity index (χ3v) is 18.2. The van der Waals surface area contributed by atoms with Crippen LogP contribution in [0.15, 0.2) is 109 Å². The highest BCUT2D eigenvalue weighted by molar-refractivity contribution is 7.47. The summed E-state index contributed by atoms with van der Waals surface area (Å²) in [6.45, 7) is 4.58. The van der Waals surface area contributed by atoms with Crippen LogP contribution in [0.5, 0.6) is 0 Å². The zero-order valence-corrected chi connectivity index (χ0v) is 64.6. The SMILES string of the molecule is CC/C=C\C/C=C\C/C=C\C/C=C\C/C=C\C/C=C\CCC(=O)OCC(COP(=O)(O)OCC(O)COP(=O)(O)OCC(COC(=O)CCCCCCCCCCCCCCC)OC(=O)CCCCCCCCCCCCC)OC(=O)CCCCCCCCC/C=C\C/C=C\C/C=C\CC. The number of hydrogen-bond acceptors (Lipinski definition) is 15. The molecule has 0 aliphatic heterocycles. The quantitative estimate of drug-likeness (QED) is 0.0169. The van der Waals surface area contributed by atoms with Gasteiger partial charge in [-0.25, -0.2) is 9.13 Å². The maximum absolute atomic E-state index is 13.1. The number of phosphoric acid groups is 2. The van der Waals surface area contributed by atoms with E-state index in [-0.39, 0.29) is 25.7 Å². The summed E-state index contributed by atoms with van der Waals surface area (Å²) < 4.78 is 68.4. The second-order valence-electron chi connectivity index (χ2n) is 25.9. The zero-order chi connectivity index (χ0) is 73.2. The van der Waals surface area contributed by atoms with Crippen LogP contribution in [0.2, 0.25) is 0 Å². The van der Waals surface area contributed by atoms with Crippen LogP contribution in [-0.4, -0.2) is 96.7 Å². The van der Waals surface area contributed by atoms with Gasteiger partial charge in [-0.15, -0.1) is 0 Å². The first-order chi connectivity index (χ1) is 48.7. The Morgan fingerprint density at radius 1 is 0.290 bits per heavy atom. The summed E-state index contributed by atoms with van der Waals surface area (Å²) in [5, 5.41) is 10.6. The lowest BCUT2D eigenvalue weighted by Crippen LogP contribution is -2.30. The molecule has 576 valence electrons. The van der Waals surface area contributed by atoms with Gasteiger partial charge in [0.15, 0.2) is 12.2 Å². The van der Waals surface area contributed by atoms with E-state index >= 15 is 0 Å². The van der Waals surface area contributed by atoms with Crippen LogP contribution in [0.4, 0.5) is 0 Å². The van der Waals surface area contributed by atoms with Crippen LogP contribution in [0, 0.1) is 0 Å².